The van der Waals surface area contributed by atoms with Gasteiger partial charge >= 0.3 is 0 Å². The topological polar surface area (TPSA) is 49.8 Å². The maximum atomic E-state index is 12.2. The molecule has 0 aliphatic heterocycles. The molecule has 0 heterocycles. The van der Waals surface area contributed by atoms with Crippen LogP contribution in [0.2, 0.25) is 0 Å². The molecule has 1 aliphatic rings. The first-order chi connectivity index (χ1) is 9.01. The molecule has 1 saturated carbocycles. The standard InChI is InChI=1S/C14H18BrNO3/c1-16(8-9-5-11(15)6-9)14(18)10-3-4-13(19-2)12(17)7-10/h3-4,7,9,11,17H,5-6,8H2,1-2H3. The summed E-state index contributed by atoms with van der Waals surface area (Å²) in [5, 5.41) is 9.69. The fourth-order valence-corrected chi connectivity index (χ4v) is 3.37. The number of halogens is 1. The lowest BCUT2D eigenvalue weighted by molar-refractivity contribution is 0.0748. The summed E-state index contributed by atoms with van der Waals surface area (Å²) in [6, 6.07) is 4.73. The van der Waals surface area contributed by atoms with Gasteiger partial charge in [-0.25, -0.2) is 0 Å². The molecular weight excluding hydrogens is 310 g/mol. The van der Waals surface area contributed by atoms with Gasteiger partial charge in [-0.1, -0.05) is 15.9 Å². The van der Waals surface area contributed by atoms with Crippen LogP contribution in [0.4, 0.5) is 0 Å². The molecule has 4 nitrogen and oxygen atoms in total. The van der Waals surface area contributed by atoms with Crippen molar-refractivity contribution >= 4 is 21.8 Å². The number of rotatable bonds is 4. The summed E-state index contributed by atoms with van der Waals surface area (Å²) in [7, 11) is 3.28. The minimum atomic E-state index is -0.0732. The molecule has 0 spiro atoms. The third-order valence-corrected chi connectivity index (χ3v) is 4.23. The van der Waals surface area contributed by atoms with Crippen LogP contribution in [0.1, 0.15) is 23.2 Å². The number of ether oxygens (including phenoxy) is 1. The zero-order chi connectivity index (χ0) is 14.0. The number of aromatic hydroxyl groups is 1. The molecule has 1 aromatic carbocycles. The summed E-state index contributed by atoms with van der Waals surface area (Å²) in [4.78, 5) is 14.5. The summed E-state index contributed by atoms with van der Waals surface area (Å²) in [6.07, 6.45) is 2.23. The fourth-order valence-electron chi connectivity index (χ4n) is 2.32. The molecule has 0 atom stereocenters. The number of benzene rings is 1. The van der Waals surface area contributed by atoms with Gasteiger partial charge in [0, 0.05) is 24.0 Å². The summed E-state index contributed by atoms with van der Waals surface area (Å²) in [6.45, 7) is 0.758. The summed E-state index contributed by atoms with van der Waals surface area (Å²) >= 11 is 3.55. The highest BCUT2D eigenvalue weighted by atomic mass is 79.9. The van der Waals surface area contributed by atoms with Gasteiger partial charge < -0.3 is 14.7 Å². The van der Waals surface area contributed by atoms with Crippen LogP contribution < -0.4 is 4.74 Å². The third kappa shape index (κ3) is 3.21. The summed E-state index contributed by atoms with van der Waals surface area (Å²) in [5.41, 5.74) is 0.482. The van der Waals surface area contributed by atoms with Gasteiger partial charge in [0.1, 0.15) is 0 Å². The van der Waals surface area contributed by atoms with E-state index in [0.717, 1.165) is 19.4 Å². The second kappa shape index (κ2) is 5.82. The first kappa shape index (κ1) is 14.2. The van der Waals surface area contributed by atoms with E-state index in [0.29, 0.717) is 22.1 Å². The Labute approximate surface area is 121 Å². The Morgan fingerprint density at radius 1 is 1.53 bits per heavy atom. The van der Waals surface area contributed by atoms with Gasteiger partial charge in [-0.15, -0.1) is 0 Å². The lowest BCUT2D eigenvalue weighted by Crippen LogP contribution is -2.37. The number of phenolic OH excluding ortho intramolecular Hbond substituents is 1. The van der Waals surface area contributed by atoms with E-state index in [1.807, 2.05) is 0 Å². The number of phenols is 1. The average molecular weight is 328 g/mol. The van der Waals surface area contributed by atoms with Crippen LogP contribution in [0.5, 0.6) is 11.5 Å². The van der Waals surface area contributed by atoms with Crippen molar-refractivity contribution in [3.05, 3.63) is 23.8 Å². The van der Waals surface area contributed by atoms with Crippen LogP contribution in [0.3, 0.4) is 0 Å². The first-order valence-electron chi connectivity index (χ1n) is 6.27. The predicted octanol–water partition coefficient (Wildman–Crippen LogP) is 2.65. The molecule has 2 rings (SSSR count). The van der Waals surface area contributed by atoms with Crippen LogP contribution in [-0.4, -0.2) is 41.4 Å². The zero-order valence-corrected chi connectivity index (χ0v) is 12.7. The van der Waals surface area contributed by atoms with Crippen molar-refractivity contribution < 1.29 is 14.6 Å². The van der Waals surface area contributed by atoms with Crippen LogP contribution in [0, 0.1) is 5.92 Å². The van der Waals surface area contributed by atoms with Gasteiger partial charge in [-0.2, -0.15) is 0 Å². The lowest BCUT2D eigenvalue weighted by Gasteiger charge is -2.34. The monoisotopic (exact) mass is 327 g/mol. The van der Waals surface area contributed by atoms with E-state index in [-0.39, 0.29) is 11.7 Å². The largest absolute Gasteiger partial charge is 0.504 e. The van der Waals surface area contributed by atoms with Crippen LogP contribution in [0.25, 0.3) is 0 Å². The van der Waals surface area contributed by atoms with E-state index in [9.17, 15) is 9.90 Å². The van der Waals surface area contributed by atoms with E-state index in [4.69, 9.17) is 4.74 Å². The minimum absolute atomic E-state index is 0.00841. The molecule has 1 aromatic rings. The van der Waals surface area contributed by atoms with Crippen molar-refractivity contribution in [3.63, 3.8) is 0 Å². The quantitative estimate of drug-likeness (QED) is 0.865. The van der Waals surface area contributed by atoms with Gasteiger partial charge in [-0.05, 0) is 37.0 Å². The Morgan fingerprint density at radius 2 is 2.21 bits per heavy atom. The number of alkyl halides is 1. The van der Waals surface area contributed by atoms with Crippen LogP contribution in [-0.2, 0) is 0 Å². The maximum Gasteiger partial charge on any atom is 0.253 e. The van der Waals surface area contributed by atoms with Crippen LogP contribution in [0.15, 0.2) is 18.2 Å². The molecule has 0 aromatic heterocycles. The molecule has 1 fully saturated rings. The molecule has 5 heteroatoms. The Bertz CT molecular complexity index is 472. The Balaban J connectivity index is 2.00. The van der Waals surface area contributed by atoms with Crippen molar-refractivity contribution in [1.29, 1.82) is 0 Å². The second-order valence-electron chi connectivity index (χ2n) is 5.01. The first-order valence-corrected chi connectivity index (χ1v) is 7.19. The predicted molar refractivity (Wildman–Crippen MR) is 77.1 cm³/mol. The van der Waals surface area contributed by atoms with Gasteiger partial charge in [0.15, 0.2) is 11.5 Å². The normalized spacial score (nSPS) is 21.6. The maximum absolute atomic E-state index is 12.2. The molecule has 0 radical (unpaired) electrons. The van der Waals surface area contributed by atoms with E-state index in [1.54, 1.807) is 24.1 Å². The average Bonchev–Trinajstić information content (AvgIpc) is 2.35. The number of amides is 1. The molecule has 1 N–H and O–H groups in total. The number of nitrogens with zero attached hydrogens (tertiary/aromatic N) is 1. The third-order valence-electron chi connectivity index (χ3n) is 3.48. The summed E-state index contributed by atoms with van der Waals surface area (Å²) in [5.74, 6) is 0.868. The molecule has 1 amide bonds. The number of carbonyl (C=O) groups excluding carboxylic acids is 1. The van der Waals surface area contributed by atoms with Gasteiger partial charge in [0.05, 0.1) is 7.11 Å². The molecular formula is C14H18BrNO3. The Kier molecular flexibility index (Phi) is 4.34. The van der Waals surface area contributed by atoms with E-state index in [1.165, 1.54) is 13.2 Å². The molecule has 0 saturated heterocycles. The number of methoxy groups -OCH3 is 1. The van der Waals surface area contributed by atoms with Crippen LogP contribution >= 0.6 is 15.9 Å². The van der Waals surface area contributed by atoms with Gasteiger partial charge in [0.2, 0.25) is 0 Å². The molecule has 19 heavy (non-hydrogen) atoms. The Hall–Kier alpha value is -1.23. The lowest BCUT2D eigenvalue weighted by atomic mass is 9.85. The number of hydrogen-bond acceptors (Lipinski definition) is 3. The second-order valence-corrected chi connectivity index (χ2v) is 6.30. The van der Waals surface area contributed by atoms with Crippen molar-refractivity contribution in [1.82, 2.24) is 4.90 Å². The van der Waals surface area contributed by atoms with Crippen molar-refractivity contribution in [2.24, 2.45) is 5.92 Å². The van der Waals surface area contributed by atoms with Crippen molar-refractivity contribution in [3.8, 4) is 11.5 Å². The van der Waals surface area contributed by atoms with Gasteiger partial charge in [-0.3, -0.25) is 4.79 Å². The number of hydrogen-bond donors (Lipinski definition) is 1. The molecule has 0 bridgehead atoms. The number of carbonyl (C=O) groups is 1. The Morgan fingerprint density at radius 3 is 2.74 bits per heavy atom. The summed E-state index contributed by atoms with van der Waals surface area (Å²) < 4.78 is 4.96. The molecule has 1 aliphatic carbocycles. The SMILES string of the molecule is COc1ccc(C(=O)N(C)CC2CC(Br)C2)cc1O. The van der Waals surface area contributed by atoms with E-state index in [2.05, 4.69) is 15.9 Å². The molecule has 0 unspecified atom stereocenters. The highest BCUT2D eigenvalue weighted by Crippen LogP contribution is 2.34. The van der Waals surface area contributed by atoms with Crippen molar-refractivity contribution in [2.45, 2.75) is 17.7 Å². The zero-order valence-electron chi connectivity index (χ0n) is 11.1. The highest BCUT2D eigenvalue weighted by Gasteiger charge is 2.29. The van der Waals surface area contributed by atoms with Crippen molar-refractivity contribution in [2.75, 3.05) is 20.7 Å². The fraction of sp³-hybridized carbons (Fsp3) is 0.500. The smallest absolute Gasteiger partial charge is 0.253 e. The van der Waals surface area contributed by atoms with E-state index < -0.39 is 0 Å². The highest BCUT2D eigenvalue weighted by molar-refractivity contribution is 9.09. The minimum Gasteiger partial charge on any atom is -0.504 e. The van der Waals surface area contributed by atoms with E-state index >= 15 is 0 Å². The molecule has 104 valence electrons. The van der Waals surface area contributed by atoms with Gasteiger partial charge in [0.25, 0.3) is 5.91 Å².